The Bertz CT molecular complexity index is 616. The molecule has 0 atom stereocenters. The molecule has 0 saturated carbocycles. The molecule has 0 radical (unpaired) electrons. The number of hydrogen-bond acceptors (Lipinski definition) is 5. The van der Waals surface area contributed by atoms with Gasteiger partial charge in [0.1, 0.15) is 11.6 Å². The summed E-state index contributed by atoms with van der Waals surface area (Å²) in [7, 11) is 1.43. The molecule has 0 saturated heterocycles. The number of halogens is 2. The number of nitrogens with one attached hydrogen (secondary N) is 2. The monoisotopic (exact) mass is 280 g/mol. The van der Waals surface area contributed by atoms with E-state index < -0.39 is 17.5 Å². The summed E-state index contributed by atoms with van der Waals surface area (Å²) in [5, 5.41) is 0. The molecule has 104 valence electrons. The van der Waals surface area contributed by atoms with Gasteiger partial charge in [-0.1, -0.05) is 0 Å². The van der Waals surface area contributed by atoms with Gasteiger partial charge in [-0.2, -0.15) is 4.98 Å². The van der Waals surface area contributed by atoms with Crippen LogP contribution in [0.25, 0.3) is 0 Å². The van der Waals surface area contributed by atoms with Crippen molar-refractivity contribution >= 4 is 11.9 Å². The molecule has 1 aromatic carbocycles. The predicted octanol–water partition coefficient (Wildman–Crippen LogP) is 1.52. The molecule has 0 aliphatic rings. The van der Waals surface area contributed by atoms with Crippen molar-refractivity contribution in [1.29, 1.82) is 0 Å². The molecule has 0 fully saturated rings. The minimum Gasteiger partial charge on any atom is -0.481 e. The highest BCUT2D eigenvalue weighted by molar-refractivity contribution is 5.94. The third-order valence-corrected chi connectivity index (χ3v) is 2.25. The molecule has 1 heterocycles. The maximum atomic E-state index is 13.0. The maximum absolute atomic E-state index is 13.0. The Hall–Kier alpha value is -2.77. The Labute approximate surface area is 112 Å². The fourth-order valence-electron chi connectivity index (χ4n) is 1.39. The second-order valence-corrected chi connectivity index (χ2v) is 3.66. The van der Waals surface area contributed by atoms with Crippen LogP contribution in [0.2, 0.25) is 0 Å². The van der Waals surface area contributed by atoms with Crippen molar-refractivity contribution in [2.45, 2.75) is 0 Å². The fourth-order valence-corrected chi connectivity index (χ4v) is 1.39. The fraction of sp³-hybridized carbons (Fsp3) is 0.0833. The minimum absolute atomic E-state index is 0.0783. The van der Waals surface area contributed by atoms with Gasteiger partial charge in [-0.25, -0.2) is 13.8 Å². The summed E-state index contributed by atoms with van der Waals surface area (Å²) in [6.45, 7) is 0. The van der Waals surface area contributed by atoms with E-state index in [1.807, 2.05) is 0 Å². The van der Waals surface area contributed by atoms with E-state index in [0.717, 1.165) is 12.1 Å². The molecule has 2 N–H and O–H groups in total. The van der Waals surface area contributed by atoms with E-state index in [9.17, 15) is 13.6 Å². The van der Waals surface area contributed by atoms with Crippen molar-refractivity contribution in [3.05, 3.63) is 47.7 Å². The Balaban J connectivity index is 2.04. The highest BCUT2D eigenvalue weighted by atomic mass is 19.1. The number of carbonyl (C=O) groups is 1. The molecular formula is C12H10F2N4O2. The lowest BCUT2D eigenvalue weighted by Crippen LogP contribution is -2.30. The molecule has 8 heteroatoms. The first-order valence-corrected chi connectivity index (χ1v) is 5.48. The highest BCUT2D eigenvalue weighted by Crippen LogP contribution is 2.09. The molecule has 6 nitrogen and oxygen atoms in total. The van der Waals surface area contributed by atoms with E-state index in [0.29, 0.717) is 11.9 Å². The molecule has 0 aliphatic heterocycles. The molecule has 0 unspecified atom stereocenters. The van der Waals surface area contributed by atoms with Crippen LogP contribution in [0, 0.1) is 11.6 Å². The Morgan fingerprint density at radius 2 is 1.95 bits per heavy atom. The minimum atomic E-state index is -0.840. The van der Waals surface area contributed by atoms with Crippen LogP contribution in [0.15, 0.2) is 30.5 Å². The number of aromatic nitrogens is 2. The smallest absolute Gasteiger partial charge is 0.269 e. The quantitative estimate of drug-likeness (QED) is 0.830. The van der Waals surface area contributed by atoms with Crippen LogP contribution >= 0.6 is 0 Å². The summed E-state index contributed by atoms with van der Waals surface area (Å²) in [6.07, 6.45) is 1.42. The van der Waals surface area contributed by atoms with Gasteiger partial charge in [-0.05, 0) is 12.1 Å². The summed E-state index contributed by atoms with van der Waals surface area (Å²) in [6, 6.07) is 4.02. The average Bonchev–Trinajstić information content (AvgIpc) is 2.44. The number of nitrogens with zero attached hydrogens (tertiary/aromatic N) is 2. The normalized spacial score (nSPS) is 9.95. The number of hydrogen-bond donors (Lipinski definition) is 2. The van der Waals surface area contributed by atoms with Gasteiger partial charge in [0, 0.05) is 23.9 Å². The van der Waals surface area contributed by atoms with Gasteiger partial charge in [0.25, 0.3) is 5.91 Å². The zero-order chi connectivity index (χ0) is 14.5. The Morgan fingerprint density at radius 3 is 2.60 bits per heavy atom. The first-order valence-electron chi connectivity index (χ1n) is 5.48. The highest BCUT2D eigenvalue weighted by Gasteiger charge is 2.09. The van der Waals surface area contributed by atoms with Crippen molar-refractivity contribution in [3.8, 4) is 5.88 Å². The SMILES string of the molecule is COc1ccnc(NNC(=O)c2cc(F)cc(F)c2)n1. The summed E-state index contributed by atoms with van der Waals surface area (Å²) in [5.74, 6) is -2.03. The first kappa shape index (κ1) is 13.7. The van der Waals surface area contributed by atoms with Crippen LogP contribution < -0.4 is 15.6 Å². The zero-order valence-electron chi connectivity index (χ0n) is 10.4. The summed E-state index contributed by atoms with van der Waals surface area (Å²) >= 11 is 0. The number of amides is 1. The van der Waals surface area contributed by atoms with Gasteiger partial charge in [-0.3, -0.25) is 15.6 Å². The van der Waals surface area contributed by atoms with Crippen LogP contribution in [0.3, 0.4) is 0 Å². The van der Waals surface area contributed by atoms with E-state index in [4.69, 9.17) is 4.74 Å². The first-order chi connectivity index (χ1) is 9.58. The van der Waals surface area contributed by atoms with Gasteiger partial charge in [0.2, 0.25) is 11.8 Å². The Kier molecular flexibility index (Phi) is 4.04. The van der Waals surface area contributed by atoms with Crippen molar-refractivity contribution in [2.75, 3.05) is 12.5 Å². The number of carbonyl (C=O) groups excluding carboxylic acids is 1. The van der Waals surface area contributed by atoms with Crippen LogP contribution in [-0.2, 0) is 0 Å². The number of rotatable bonds is 4. The second-order valence-electron chi connectivity index (χ2n) is 3.66. The van der Waals surface area contributed by atoms with Gasteiger partial charge in [0.05, 0.1) is 7.11 Å². The summed E-state index contributed by atoms with van der Waals surface area (Å²) < 4.78 is 30.8. The molecule has 0 bridgehead atoms. The van der Waals surface area contributed by atoms with Crippen LogP contribution in [0.4, 0.5) is 14.7 Å². The third-order valence-electron chi connectivity index (χ3n) is 2.25. The van der Waals surface area contributed by atoms with Crippen LogP contribution in [0.1, 0.15) is 10.4 Å². The molecule has 1 aromatic heterocycles. The standard InChI is InChI=1S/C12H10F2N4O2/c1-20-10-2-3-15-12(16-10)18-17-11(19)7-4-8(13)6-9(14)5-7/h2-6H,1H3,(H,17,19)(H,15,16,18). The van der Waals surface area contributed by atoms with Crippen molar-refractivity contribution < 1.29 is 18.3 Å². The largest absolute Gasteiger partial charge is 0.481 e. The number of methoxy groups -OCH3 is 1. The maximum Gasteiger partial charge on any atom is 0.269 e. The second kappa shape index (κ2) is 5.91. The van der Waals surface area contributed by atoms with Gasteiger partial charge >= 0.3 is 0 Å². The number of ether oxygens (including phenoxy) is 1. The average molecular weight is 280 g/mol. The predicted molar refractivity (Wildman–Crippen MR) is 66.0 cm³/mol. The lowest BCUT2D eigenvalue weighted by Gasteiger charge is -2.07. The van der Waals surface area contributed by atoms with E-state index >= 15 is 0 Å². The van der Waals surface area contributed by atoms with Gasteiger partial charge in [0.15, 0.2) is 0 Å². The lowest BCUT2D eigenvalue weighted by atomic mass is 10.2. The van der Waals surface area contributed by atoms with Crippen LogP contribution in [0.5, 0.6) is 5.88 Å². The lowest BCUT2D eigenvalue weighted by molar-refractivity contribution is 0.0961. The molecule has 1 amide bonds. The van der Waals surface area contributed by atoms with Gasteiger partial charge < -0.3 is 4.74 Å². The van der Waals surface area contributed by atoms with Crippen molar-refractivity contribution in [1.82, 2.24) is 15.4 Å². The molecule has 2 aromatic rings. The van der Waals surface area contributed by atoms with E-state index in [1.165, 1.54) is 19.4 Å². The number of anilines is 1. The van der Waals surface area contributed by atoms with E-state index in [1.54, 1.807) is 0 Å². The van der Waals surface area contributed by atoms with Gasteiger partial charge in [-0.15, -0.1) is 0 Å². The molecule has 0 aliphatic carbocycles. The molecular weight excluding hydrogens is 270 g/mol. The van der Waals surface area contributed by atoms with E-state index in [2.05, 4.69) is 20.8 Å². The Morgan fingerprint density at radius 1 is 1.25 bits per heavy atom. The zero-order valence-corrected chi connectivity index (χ0v) is 10.4. The molecule has 20 heavy (non-hydrogen) atoms. The molecule has 0 spiro atoms. The summed E-state index contributed by atoms with van der Waals surface area (Å²) in [5.41, 5.74) is 4.46. The van der Waals surface area contributed by atoms with Crippen LogP contribution in [-0.4, -0.2) is 23.0 Å². The third kappa shape index (κ3) is 3.37. The number of benzene rings is 1. The van der Waals surface area contributed by atoms with E-state index in [-0.39, 0.29) is 11.5 Å². The van der Waals surface area contributed by atoms with Crippen molar-refractivity contribution in [3.63, 3.8) is 0 Å². The van der Waals surface area contributed by atoms with Crippen molar-refractivity contribution in [2.24, 2.45) is 0 Å². The summed E-state index contributed by atoms with van der Waals surface area (Å²) in [4.78, 5) is 19.4. The topological polar surface area (TPSA) is 76.1 Å². The number of hydrazine groups is 1. The molecule has 2 rings (SSSR count).